The van der Waals surface area contributed by atoms with Gasteiger partial charge in [-0.2, -0.15) is 0 Å². The van der Waals surface area contributed by atoms with Crippen LogP contribution < -0.4 is 10.6 Å². The van der Waals surface area contributed by atoms with Crippen LogP contribution in [0.4, 0.5) is 0 Å². The van der Waals surface area contributed by atoms with Crippen molar-refractivity contribution in [2.45, 2.75) is 12.1 Å². The van der Waals surface area contributed by atoms with Crippen LogP contribution in [0.2, 0.25) is 0 Å². The van der Waals surface area contributed by atoms with E-state index in [0.29, 0.717) is 13.2 Å². The molecule has 1 aliphatic rings. The first-order valence-electron chi connectivity index (χ1n) is 4.88. The molecular formula is C9H18N2O3S. The van der Waals surface area contributed by atoms with Crippen molar-refractivity contribution in [3.8, 4) is 0 Å². The minimum absolute atomic E-state index is 0.0400. The van der Waals surface area contributed by atoms with E-state index in [0.717, 1.165) is 11.6 Å². The summed E-state index contributed by atoms with van der Waals surface area (Å²) in [7, 11) is 3.22. The molecule has 2 atom stereocenters. The molecule has 1 aliphatic heterocycles. The second-order valence-corrected chi connectivity index (χ2v) is 4.36. The van der Waals surface area contributed by atoms with Crippen molar-refractivity contribution in [2.75, 3.05) is 39.0 Å². The van der Waals surface area contributed by atoms with Gasteiger partial charge in [-0.15, -0.1) is 11.8 Å². The van der Waals surface area contributed by atoms with Crippen molar-refractivity contribution >= 4 is 17.7 Å². The van der Waals surface area contributed by atoms with Crippen LogP contribution in [-0.2, 0) is 14.3 Å². The number of hydrogen-bond donors (Lipinski definition) is 2. The van der Waals surface area contributed by atoms with Gasteiger partial charge in [-0.1, -0.05) is 0 Å². The van der Waals surface area contributed by atoms with Crippen LogP contribution in [0.3, 0.4) is 0 Å². The molecule has 0 saturated carbocycles. The van der Waals surface area contributed by atoms with Crippen LogP contribution >= 0.6 is 11.8 Å². The lowest BCUT2D eigenvalue weighted by Gasteiger charge is -2.16. The largest absolute Gasteiger partial charge is 0.382 e. The van der Waals surface area contributed by atoms with Crippen molar-refractivity contribution < 1.29 is 14.3 Å². The molecule has 0 radical (unpaired) electrons. The summed E-state index contributed by atoms with van der Waals surface area (Å²) in [5.41, 5.74) is 0. The Morgan fingerprint density at radius 1 is 1.67 bits per heavy atom. The molecule has 2 unspecified atom stereocenters. The minimum Gasteiger partial charge on any atom is -0.382 e. The number of thioether (sulfide) groups is 1. The van der Waals surface area contributed by atoms with Gasteiger partial charge in [0.2, 0.25) is 5.91 Å². The zero-order valence-corrected chi connectivity index (χ0v) is 9.93. The second kappa shape index (κ2) is 7.05. The maximum Gasteiger partial charge on any atom is 0.238 e. The average molecular weight is 234 g/mol. The van der Waals surface area contributed by atoms with E-state index >= 15 is 0 Å². The highest BCUT2D eigenvalue weighted by Crippen LogP contribution is 2.09. The Kier molecular flexibility index (Phi) is 6.00. The Morgan fingerprint density at radius 2 is 2.47 bits per heavy atom. The number of carbonyl (C=O) groups excluding carboxylic acids is 1. The standard InChI is InChI=1S/C9H18N2O3S/c1-13-4-7(14-2)3-10-9(12)8-5-15-6-11-8/h7-8,11H,3-6H2,1-2H3,(H,10,12). The summed E-state index contributed by atoms with van der Waals surface area (Å²) in [6.07, 6.45) is -0.0759. The molecule has 6 heteroatoms. The summed E-state index contributed by atoms with van der Waals surface area (Å²) in [6, 6.07) is -0.0601. The molecule has 0 spiro atoms. The first-order chi connectivity index (χ1) is 7.27. The number of hydrogen-bond acceptors (Lipinski definition) is 5. The van der Waals surface area contributed by atoms with Crippen LogP contribution in [0.1, 0.15) is 0 Å². The van der Waals surface area contributed by atoms with Crippen LogP contribution in [0, 0.1) is 0 Å². The van der Waals surface area contributed by atoms with Gasteiger partial charge in [0.25, 0.3) is 0 Å². The third kappa shape index (κ3) is 4.38. The Hall–Kier alpha value is -0.300. The molecule has 0 bridgehead atoms. The van der Waals surface area contributed by atoms with Gasteiger partial charge in [-0.3, -0.25) is 10.1 Å². The predicted molar refractivity (Wildman–Crippen MR) is 59.9 cm³/mol. The smallest absolute Gasteiger partial charge is 0.238 e. The molecule has 1 rings (SSSR count). The average Bonchev–Trinajstić information content (AvgIpc) is 2.77. The highest BCUT2D eigenvalue weighted by molar-refractivity contribution is 7.99. The van der Waals surface area contributed by atoms with Crippen molar-refractivity contribution in [1.29, 1.82) is 0 Å². The van der Waals surface area contributed by atoms with Crippen molar-refractivity contribution in [3.63, 3.8) is 0 Å². The van der Waals surface area contributed by atoms with E-state index in [2.05, 4.69) is 10.6 Å². The van der Waals surface area contributed by atoms with Gasteiger partial charge in [0.15, 0.2) is 0 Å². The van der Waals surface area contributed by atoms with Crippen molar-refractivity contribution in [3.05, 3.63) is 0 Å². The quantitative estimate of drug-likeness (QED) is 0.644. The summed E-state index contributed by atoms with van der Waals surface area (Å²) in [6.45, 7) is 0.982. The number of ether oxygens (including phenoxy) is 2. The molecule has 5 nitrogen and oxygen atoms in total. The van der Waals surface area contributed by atoms with Gasteiger partial charge >= 0.3 is 0 Å². The molecule has 0 aromatic carbocycles. The number of amides is 1. The number of rotatable bonds is 6. The molecule has 1 fully saturated rings. The monoisotopic (exact) mass is 234 g/mol. The summed E-state index contributed by atoms with van der Waals surface area (Å²) in [5.74, 6) is 1.73. The van der Waals surface area contributed by atoms with E-state index < -0.39 is 0 Å². The number of methoxy groups -OCH3 is 2. The highest BCUT2D eigenvalue weighted by atomic mass is 32.2. The SMILES string of the molecule is COCC(CNC(=O)C1CSCN1)OC. The van der Waals surface area contributed by atoms with Gasteiger partial charge in [0.05, 0.1) is 18.8 Å². The Balaban J connectivity index is 2.19. The Labute approximate surface area is 94.3 Å². The highest BCUT2D eigenvalue weighted by Gasteiger charge is 2.22. The molecule has 88 valence electrons. The van der Waals surface area contributed by atoms with E-state index in [1.54, 1.807) is 26.0 Å². The van der Waals surface area contributed by atoms with Crippen LogP contribution in [-0.4, -0.2) is 57.1 Å². The molecule has 0 aliphatic carbocycles. The summed E-state index contributed by atoms with van der Waals surface area (Å²) < 4.78 is 10.1. The normalized spacial score (nSPS) is 22.7. The minimum atomic E-state index is -0.0759. The van der Waals surface area contributed by atoms with Crippen LogP contribution in [0.15, 0.2) is 0 Å². The summed E-state index contributed by atoms with van der Waals surface area (Å²) in [4.78, 5) is 11.6. The molecule has 1 amide bonds. The fourth-order valence-electron chi connectivity index (χ4n) is 1.30. The predicted octanol–water partition coefficient (Wildman–Crippen LogP) is -0.573. The van der Waals surface area contributed by atoms with E-state index in [9.17, 15) is 4.79 Å². The third-order valence-corrected chi connectivity index (χ3v) is 3.16. The fourth-order valence-corrected chi connectivity index (χ4v) is 2.24. The lowest BCUT2D eigenvalue weighted by atomic mass is 10.3. The maximum atomic E-state index is 11.6. The lowest BCUT2D eigenvalue weighted by Crippen LogP contribution is -2.45. The van der Waals surface area contributed by atoms with Crippen molar-refractivity contribution in [1.82, 2.24) is 10.6 Å². The van der Waals surface area contributed by atoms with Crippen LogP contribution in [0.25, 0.3) is 0 Å². The van der Waals surface area contributed by atoms with Gasteiger partial charge in [0.1, 0.15) is 0 Å². The molecule has 2 N–H and O–H groups in total. The van der Waals surface area contributed by atoms with E-state index in [1.807, 2.05) is 0 Å². The van der Waals surface area contributed by atoms with E-state index in [-0.39, 0.29) is 18.1 Å². The van der Waals surface area contributed by atoms with E-state index in [1.165, 1.54) is 0 Å². The Morgan fingerprint density at radius 3 is 3.00 bits per heavy atom. The third-order valence-electron chi connectivity index (χ3n) is 2.22. The fraction of sp³-hybridized carbons (Fsp3) is 0.889. The second-order valence-electron chi connectivity index (χ2n) is 3.33. The Bertz CT molecular complexity index is 198. The molecule has 15 heavy (non-hydrogen) atoms. The lowest BCUT2D eigenvalue weighted by molar-refractivity contribution is -0.123. The summed E-state index contributed by atoms with van der Waals surface area (Å²) in [5, 5.41) is 5.95. The van der Waals surface area contributed by atoms with Gasteiger partial charge in [-0.25, -0.2) is 0 Å². The van der Waals surface area contributed by atoms with Gasteiger partial charge in [0, 0.05) is 32.4 Å². The topological polar surface area (TPSA) is 59.6 Å². The zero-order chi connectivity index (χ0) is 11.1. The van der Waals surface area contributed by atoms with Crippen LogP contribution in [0.5, 0.6) is 0 Å². The van der Waals surface area contributed by atoms with Gasteiger partial charge < -0.3 is 14.8 Å². The molecule has 0 aromatic rings. The van der Waals surface area contributed by atoms with Gasteiger partial charge in [-0.05, 0) is 0 Å². The molecule has 1 heterocycles. The van der Waals surface area contributed by atoms with Crippen molar-refractivity contribution in [2.24, 2.45) is 0 Å². The first kappa shape index (κ1) is 12.8. The maximum absolute atomic E-state index is 11.6. The zero-order valence-electron chi connectivity index (χ0n) is 9.12. The molecule has 0 aromatic heterocycles. The number of nitrogens with one attached hydrogen (secondary N) is 2. The summed E-state index contributed by atoms with van der Waals surface area (Å²) >= 11 is 1.73. The number of carbonyl (C=O) groups is 1. The van der Waals surface area contributed by atoms with E-state index in [4.69, 9.17) is 9.47 Å². The molecular weight excluding hydrogens is 216 g/mol. The first-order valence-corrected chi connectivity index (χ1v) is 6.04. The molecule has 1 saturated heterocycles.